The Morgan fingerprint density at radius 2 is 0.905 bits per heavy atom. The Morgan fingerprint density at radius 1 is 0.619 bits per heavy atom. The van der Waals surface area contributed by atoms with Crippen LogP contribution in [-0.4, -0.2) is 52.3 Å². The lowest BCUT2D eigenvalue weighted by atomic mass is 9.86. The standard InChI is InChI=1S/C13H18O8/c1-18-10(14)6-5-7(11(15)19-2)9(13(17)21-4)8(6)12(16)20-3/h6-9H,5H2,1-4H3/t6-,7?,8-,9?/m1/s1. The predicted octanol–water partition coefficient (Wildman–Crippen LogP) is -0.453. The first-order valence-electron chi connectivity index (χ1n) is 6.24. The molecule has 0 aliphatic heterocycles. The molecular formula is C13H18O8. The lowest BCUT2D eigenvalue weighted by Gasteiger charge is -2.21. The molecule has 0 bridgehead atoms. The van der Waals surface area contributed by atoms with Gasteiger partial charge in [0.1, 0.15) is 0 Å². The van der Waals surface area contributed by atoms with Gasteiger partial charge in [-0.1, -0.05) is 0 Å². The van der Waals surface area contributed by atoms with Crippen molar-refractivity contribution >= 4 is 23.9 Å². The fourth-order valence-electron chi connectivity index (χ4n) is 2.75. The Bertz CT molecular complexity index is 403. The molecule has 21 heavy (non-hydrogen) atoms. The zero-order chi connectivity index (χ0) is 16.2. The van der Waals surface area contributed by atoms with Gasteiger partial charge in [-0.25, -0.2) is 0 Å². The van der Waals surface area contributed by atoms with E-state index in [1.165, 1.54) is 0 Å². The van der Waals surface area contributed by atoms with Gasteiger partial charge in [-0.15, -0.1) is 0 Å². The van der Waals surface area contributed by atoms with Crippen molar-refractivity contribution in [1.82, 2.24) is 0 Å². The molecule has 8 heteroatoms. The van der Waals surface area contributed by atoms with E-state index in [0.29, 0.717) is 0 Å². The van der Waals surface area contributed by atoms with Crippen LogP contribution in [0.15, 0.2) is 0 Å². The molecule has 0 N–H and O–H groups in total. The Kier molecular flexibility index (Phi) is 5.69. The van der Waals surface area contributed by atoms with Gasteiger partial charge in [-0.05, 0) is 6.42 Å². The fourth-order valence-corrected chi connectivity index (χ4v) is 2.75. The normalized spacial score (nSPS) is 27.6. The van der Waals surface area contributed by atoms with Crippen LogP contribution in [0.1, 0.15) is 6.42 Å². The fraction of sp³-hybridized carbons (Fsp3) is 0.692. The first kappa shape index (κ1) is 16.9. The number of rotatable bonds is 4. The second kappa shape index (κ2) is 7.05. The van der Waals surface area contributed by atoms with E-state index in [4.69, 9.17) is 0 Å². The monoisotopic (exact) mass is 302 g/mol. The third-order valence-electron chi connectivity index (χ3n) is 3.72. The molecule has 0 amide bonds. The van der Waals surface area contributed by atoms with E-state index in [2.05, 4.69) is 18.9 Å². The zero-order valence-electron chi connectivity index (χ0n) is 12.3. The number of methoxy groups -OCH3 is 4. The van der Waals surface area contributed by atoms with Gasteiger partial charge in [0.05, 0.1) is 52.1 Å². The van der Waals surface area contributed by atoms with Crippen molar-refractivity contribution in [3.63, 3.8) is 0 Å². The Labute approximate surface area is 121 Å². The zero-order valence-corrected chi connectivity index (χ0v) is 12.3. The number of hydrogen-bond acceptors (Lipinski definition) is 8. The van der Waals surface area contributed by atoms with E-state index < -0.39 is 47.5 Å². The first-order chi connectivity index (χ1) is 9.92. The van der Waals surface area contributed by atoms with Gasteiger partial charge >= 0.3 is 23.9 Å². The lowest BCUT2D eigenvalue weighted by Crippen LogP contribution is -2.37. The summed E-state index contributed by atoms with van der Waals surface area (Å²) in [7, 11) is 4.59. The minimum absolute atomic E-state index is 0.0428. The topological polar surface area (TPSA) is 105 Å². The number of carbonyl (C=O) groups excluding carboxylic acids is 4. The molecule has 0 spiro atoms. The molecule has 1 aliphatic carbocycles. The molecule has 1 saturated carbocycles. The second-order valence-electron chi connectivity index (χ2n) is 4.59. The van der Waals surface area contributed by atoms with Gasteiger partial charge in [-0.2, -0.15) is 0 Å². The van der Waals surface area contributed by atoms with Crippen LogP contribution in [0.4, 0.5) is 0 Å². The van der Waals surface area contributed by atoms with Crippen molar-refractivity contribution in [3.8, 4) is 0 Å². The highest BCUT2D eigenvalue weighted by Gasteiger charge is 2.57. The predicted molar refractivity (Wildman–Crippen MR) is 66.6 cm³/mol. The maximum absolute atomic E-state index is 11.9. The van der Waals surface area contributed by atoms with E-state index in [9.17, 15) is 19.2 Å². The second-order valence-corrected chi connectivity index (χ2v) is 4.59. The van der Waals surface area contributed by atoms with Gasteiger partial charge in [0.25, 0.3) is 0 Å². The highest BCUT2D eigenvalue weighted by molar-refractivity contribution is 5.92. The van der Waals surface area contributed by atoms with Gasteiger partial charge in [0, 0.05) is 0 Å². The summed E-state index contributed by atoms with van der Waals surface area (Å²) in [6, 6.07) is 0. The van der Waals surface area contributed by atoms with Crippen molar-refractivity contribution in [3.05, 3.63) is 0 Å². The van der Waals surface area contributed by atoms with Crippen LogP contribution in [0.5, 0.6) is 0 Å². The Balaban J connectivity index is 3.25. The van der Waals surface area contributed by atoms with Crippen molar-refractivity contribution in [2.75, 3.05) is 28.4 Å². The summed E-state index contributed by atoms with van der Waals surface area (Å²) in [5.74, 6) is -7.12. The van der Waals surface area contributed by atoms with Crippen LogP contribution < -0.4 is 0 Å². The maximum Gasteiger partial charge on any atom is 0.310 e. The molecule has 0 heterocycles. The molecule has 118 valence electrons. The summed E-state index contributed by atoms with van der Waals surface area (Å²) in [4.78, 5) is 47.5. The number of ether oxygens (including phenoxy) is 4. The largest absolute Gasteiger partial charge is 0.469 e. The number of carbonyl (C=O) groups is 4. The molecule has 0 aromatic rings. The molecule has 0 saturated heterocycles. The maximum atomic E-state index is 11.9. The minimum Gasteiger partial charge on any atom is -0.469 e. The molecule has 1 fully saturated rings. The van der Waals surface area contributed by atoms with Crippen molar-refractivity contribution in [2.45, 2.75) is 6.42 Å². The van der Waals surface area contributed by atoms with E-state index in [1.807, 2.05) is 0 Å². The van der Waals surface area contributed by atoms with Crippen LogP contribution in [0.25, 0.3) is 0 Å². The van der Waals surface area contributed by atoms with E-state index in [1.54, 1.807) is 0 Å². The van der Waals surface area contributed by atoms with Gasteiger partial charge < -0.3 is 18.9 Å². The van der Waals surface area contributed by atoms with Crippen LogP contribution >= 0.6 is 0 Å². The summed E-state index contributed by atoms with van der Waals surface area (Å²) in [6.07, 6.45) is -0.0428. The van der Waals surface area contributed by atoms with E-state index in [0.717, 1.165) is 28.4 Å². The van der Waals surface area contributed by atoms with Crippen LogP contribution in [0.2, 0.25) is 0 Å². The number of hydrogen-bond donors (Lipinski definition) is 0. The summed E-state index contributed by atoms with van der Waals surface area (Å²) in [5, 5.41) is 0. The summed E-state index contributed by atoms with van der Waals surface area (Å²) in [5.41, 5.74) is 0. The molecule has 1 aliphatic rings. The molecule has 2 unspecified atom stereocenters. The minimum atomic E-state index is -1.14. The van der Waals surface area contributed by atoms with Crippen molar-refractivity contribution in [2.24, 2.45) is 23.7 Å². The highest BCUT2D eigenvalue weighted by atomic mass is 16.5. The lowest BCUT2D eigenvalue weighted by molar-refractivity contribution is -0.164. The molecule has 0 aromatic heterocycles. The van der Waals surface area contributed by atoms with Gasteiger partial charge in [0.15, 0.2) is 0 Å². The number of esters is 4. The third kappa shape index (κ3) is 3.14. The van der Waals surface area contributed by atoms with E-state index in [-0.39, 0.29) is 6.42 Å². The summed E-state index contributed by atoms with van der Waals surface area (Å²) in [6.45, 7) is 0. The average molecular weight is 302 g/mol. The average Bonchev–Trinajstić information content (AvgIpc) is 2.91. The summed E-state index contributed by atoms with van der Waals surface area (Å²) >= 11 is 0. The van der Waals surface area contributed by atoms with Crippen molar-refractivity contribution in [1.29, 1.82) is 0 Å². The molecule has 0 radical (unpaired) electrons. The molecule has 0 aromatic carbocycles. The molecule has 4 atom stereocenters. The quantitative estimate of drug-likeness (QED) is 0.508. The Morgan fingerprint density at radius 3 is 1.14 bits per heavy atom. The van der Waals surface area contributed by atoms with E-state index >= 15 is 0 Å². The van der Waals surface area contributed by atoms with Gasteiger partial charge in [0.2, 0.25) is 0 Å². The third-order valence-corrected chi connectivity index (χ3v) is 3.72. The van der Waals surface area contributed by atoms with Crippen LogP contribution in [-0.2, 0) is 38.1 Å². The highest BCUT2D eigenvalue weighted by Crippen LogP contribution is 2.44. The smallest absolute Gasteiger partial charge is 0.310 e. The van der Waals surface area contributed by atoms with Crippen LogP contribution in [0.3, 0.4) is 0 Å². The summed E-state index contributed by atoms with van der Waals surface area (Å²) < 4.78 is 18.5. The molecular weight excluding hydrogens is 284 g/mol. The molecule has 1 rings (SSSR count). The van der Waals surface area contributed by atoms with Crippen molar-refractivity contribution < 1.29 is 38.1 Å². The molecule has 8 nitrogen and oxygen atoms in total. The van der Waals surface area contributed by atoms with Crippen LogP contribution in [0, 0.1) is 23.7 Å². The SMILES string of the molecule is COC(=O)C1C[C@@H](C(=O)OC)[C@@H](C(=O)OC)C1C(=O)OC. The Hall–Kier alpha value is -2.12. The van der Waals surface area contributed by atoms with Gasteiger partial charge in [-0.3, -0.25) is 19.2 Å². The first-order valence-corrected chi connectivity index (χ1v) is 6.24.